The summed E-state index contributed by atoms with van der Waals surface area (Å²) in [5.41, 5.74) is 0.878. The van der Waals surface area contributed by atoms with Gasteiger partial charge in [-0.25, -0.2) is 4.39 Å². The van der Waals surface area contributed by atoms with Crippen molar-refractivity contribution in [3.63, 3.8) is 0 Å². The largest absolute Gasteiger partial charge is 0.350 e. The molecule has 128 valence electrons. The predicted molar refractivity (Wildman–Crippen MR) is 91.8 cm³/mol. The highest BCUT2D eigenvalue weighted by molar-refractivity contribution is 5.81. The molecule has 1 aromatic carbocycles. The van der Waals surface area contributed by atoms with Gasteiger partial charge in [0.2, 0.25) is 5.91 Å². The fourth-order valence-corrected chi connectivity index (χ4v) is 3.18. The van der Waals surface area contributed by atoms with Crippen LogP contribution in [0.1, 0.15) is 46.1 Å². The first-order chi connectivity index (χ1) is 10.7. The van der Waals surface area contributed by atoms with Crippen LogP contribution in [-0.2, 0) is 11.2 Å². The fraction of sp³-hybridized carbons (Fsp3) is 0.632. The normalized spacial score (nSPS) is 18.7. The molecule has 1 saturated heterocycles. The summed E-state index contributed by atoms with van der Waals surface area (Å²) in [5.74, 6) is 0.513. The third-order valence-electron chi connectivity index (χ3n) is 4.49. The average molecular weight is 320 g/mol. The van der Waals surface area contributed by atoms with E-state index < -0.39 is 0 Å². The van der Waals surface area contributed by atoms with Crippen molar-refractivity contribution in [3.05, 3.63) is 35.6 Å². The van der Waals surface area contributed by atoms with Crippen LogP contribution in [0.2, 0.25) is 0 Å². The van der Waals surface area contributed by atoms with E-state index in [0.29, 0.717) is 5.92 Å². The van der Waals surface area contributed by atoms with Gasteiger partial charge in [0.15, 0.2) is 0 Å². The molecule has 1 unspecified atom stereocenters. The molecule has 0 spiro atoms. The molecule has 2 rings (SSSR count). The number of carbonyl (C=O) groups is 1. The van der Waals surface area contributed by atoms with Crippen LogP contribution in [0.5, 0.6) is 0 Å². The molecule has 0 aromatic heterocycles. The summed E-state index contributed by atoms with van der Waals surface area (Å²) in [7, 11) is 0. The van der Waals surface area contributed by atoms with Crippen LogP contribution in [0.4, 0.5) is 4.39 Å². The number of likely N-dealkylation sites (tertiary alicyclic amines) is 1. The zero-order chi connectivity index (χ0) is 17.0. The summed E-state index contributed by atoms with van der Waals surface area (Å²) < 4.78 is 13.3. The number of halogens is 1. The maximum absolute atomic E-state index is 13.3. The minimum atomic E-state index is -0.193. The van der Waals surface area contributed by atoms with Crippen molar-refractivity contribution < 1.29 is 9.18 Å². The van der Waals surface area contributed by atoms with E-state index in [2.05, 4.69) is 10.2 Å². The third kappa shape index (κ3) is 5.61. The Morgan fingerprint density at radius 1 is 1.35 bits per heavy atom. The number of carbonyl (C=O) groups excluding carboxylic acids is 1. The third-order valence-corrected chi connectivity index (χ3v) is 4.49. The number of rotatable bonds is 4. The van der Waals surface area contributed by atoms with Crippen molar-refractivity contribution in [3.8, 4) is 0 Å². The highest BCUT2D eigenvalue weighted by atomic mass is 19.1. The number of hydrogen-bond acceptors (Lipinski definition) is 2. The summed E-state index contributed by atoms with van der Waals surface area (Å²) in [4.78, 5) is 14.5. The van der Waals surface area contributed by atoms with E-state index in [1.54, 1.807) is 12.1 Å². The Hall–Kier alpha value is -1.42. The van der Waals surface area contributed by atoms with Gasteiger partial charge in [0.05, 0.1) is 6.04 Å². The highest BCUT2D eigenvalue weighted by Gasteiger charge is 2.28. The van der Waals surface area contributed by atoms with Gasteiger partial charge in [-0.2, -0.15) is 0 Å². The Morgan fingerprint density at radius 3 is 2.57 bits per heavy atom. The van der Waals surface area contributed by atoms with E-state index in [-0.39, 0.29) is 23.3 Å². The molecule has 1 aliphatic rings. The Labute approximate surface area is 139 Å². The van der Waals surface area contributed by atoms with Crippen molar-refractivity contribution in [1.82, 2.24) is 10.2 Å². The van der Waals surface area contributed by atoms with Crippen LogP contribution in [0, 0.1) is 11.7 Å². The van der Waals surface area contributed by atoms with Crippen LogP contribution in [-0.4, -0.2) is 35.5 Å². The number of hydrogen-bond donors (Lipinski definition) is 1. The lowest BCUT2D eigenvalue weighted by Gasteiger charge is -2.36. The molecule has 4 heteroatoms. The molecule has 1 amide bonds. The van der Waals surface area contributed by atoms with Gasteiger partial charge in [-0.3, -0.25) is 9.69 Å². The monoisotopic (exact) mass is 320 g/mol. The molecule has 0 saturated carbocycles. The number of piperidine rings is 1. The first-order valence-electron chi connectivity index (χ1n) is 8.55. The summed E-state index contributed by atoms with van der Waals surface area (Å²) in [5, 5.41) is 3.05. The maximum atomic E-state index is 13.3. The Balaban J connectivity index is 1.82. The number of nitrogens with one attached hydrogen (secondary N) is 1. The lowest BCUT2D eigenvalue weighted by Crippen LogP contribution is -2.52. The van der Waals surface area contributed by atoms with E-state index >= 15 is 0 Å². The van der Waals surface area contributed by atoms with E-state index in [0.717, 1.165) is 37.9 Å². The standard InChI is InChI=1S/C19H29FN2O/c1-14(18(23)21-19(2,3)4)22-10-8-15(9-11-22)12-16-6-5-7-17(20)13-16/h5-7,13-15H,8-12H2,1-4H3,(H,21,23). The van der Waals surface area contributed by atoms with Crippen molar-refractivity contribution in [1.29, 1.82) is 0 Å². The second kappa shape index (κ2) is 7.43. The first kappa shape index (κ1) is 17.9. The molecule has 23 heavy (non-hydrogen) atoms. The number of nitrogens with zero attached hydrogens (tertiary/aromatic N) is 1. The van der Waals surface area contributed by atoms with E-state index in [1.165, 1.54) is 6.07 Å². The molecule has 1 heterocycles. The molecule has 1 fully saturated rings. The molecular formula is C19H29FN2O. The lowest BCUT2D eigenvalue weighted by molar-refractivity contribution is -0.127. The van der Waals surface area contributed by atoms with Crippen molar-refractivity contribution in [2.24, 2.45) is 5.92 Å². The summed E-state index contributed by atoms with van der Waals surface area (Å²) >= 11 is 0. The topological polar surface area (TPSA) is 32.3 Å². The van der Waals surface area contributed by atoms with Gasteiger partial charge in [0.1, 0.15) is 5.82 Å². The second-order valence-corrected chi connectivity index (χ2v) is 7.73. The van der Waals surface area contributed by atoms with E-state index in [4.69, 9.17) is 0 Å². The Kier molecular flexibility index (Phi) is 5.79. The van der Waals surface area contributed by atoms with Gasteiger partial charge in [0, 0.05) is 5.54 Å². The minimum Gasteiger partial charge on any atom is -0.350 e. The summed E-state index contributed by atoms with van der Waals surface area (Å²) in [6, 6.07) is 6.80. The second-order valence-electron chi connectivity index (χ2n) is 7.73. The van der Waals surface area contributed by atoms with Crippen LogP contribution in [0.25, 0.3) is 0 Å². The van der Waals surface area contributed by atoms with Crippen molar-refractivity contribution in [2.75, 3.05) is 13.1 Å². The first-order valence-corrected chi connectivity index (χ1v) is 8.55. The SMILES string of the molecule is CC(C(=O)NC(C)(C)C)N1CCC(Cc2cccc(F)c2)CC1. The number of benzene rings is 1. The van der Waals surface area contributed by atoms with Crippen LogP contribution >= 0.6 is 0 Å². The summed E-state index contributed by atoms with van der Waals surface area (Å²) in [6.07, 6.45) is 3.04. The number of amides is 1. The molecular weight excluding hydrogens is 291 g/mol. The minimum absolute atomic E-state index is 0.0932. The predicted octanol–water partition coefficient (Wildman–Crippen LogP) is 3.38. The van der Waals surface area contributed by atoms with E-state index in [9.17, 15) is 9.18 Å². The fourth-order valence-electron chi connectivity index (χ4n) is 3.18. The maximum Gasteiger partial charge on any atom is 0.237 e. The molecule has 1 aliphatic heterocycles. The zero-order valence-corrected chi connectivity index (χ0v) is 14.7. The van der Waals surface area contributed by atoms with Crippen LogP contribution in [0.3, 0.4) is 0 Å². The molecule has 1 aromatic rings. The Bertz CT molecular complexity index is 530. The van der Waals surface area contributed by atoms with Gasteiger partial charge < -0.3 is 5.32 Å². The Morgan fingerprint density at radius 2 is 2.00 bits per heavy atom. The van der Waals surface area contributed by atoms with Gasteiger partial charge in [-0.05, 0) is 83.7 Å². The van der Waals surface area contributed by atoms with Crippen LogP contribution < -0.4 is 5.32 Å². The molecule has 0 aliphatic carbocycles. The molecule has 3 nitrogen and oxygen atoms in total. The smallest absolute Gasteiger partial charge is 0.237 e. The van der Waals surface area contributed by atoms with Gasteiger partial charge in [-0.15, -0.1) is 0 Å². The molecule has 0 radical (unpaired) electrons. The van der Waals surface area contributed by atoms with Crippen LogP contribution in [0.15, 0.2) is 24.3 Å². The van der Waals surface area contributed by atoms with Gasteiger partial charge in [0.25, 0.3) is 0 Å². The molecule has 1 atom stereocenters. The molecule has 0 bridgehead atoms. The summed E-state index contributed by atoms with van der Waals surface area (Å²) in [6.45, 7) is 9.85. The van der Waals surface area contributed by atoms with Crippen molar-refractivity contribution >= 4 is 5.91 Å². The molecule has 1 N–H and O–H groups in total. The highest BCUT2D eigenvalue weighted by Crippen LogP contribution is 2.23. The zero-order valence-electron chi connectivity index (χ0n) is 14.7. The lowest BCUT2D eigenvalue weighted by atomic mass is 9.89. The van der Waals surface area contributed by atoms with Gasteiger partial charge >= 0.3 is 0 Å². The quantitative estimate of drug-likeness (QED) is 0.922. The van der Waals surface area contributed by atoms with Gasteiger partial charge in [-0.1, -0.05) is 12.1 Å². The van der Waals surface area contributed by atoms with E-state index in [1.807, 2.05) is 33.8 Å². The average Bonchev–Trinajstić information content (AvgIpc) is 2.45. The van der Waals surface area contributed by atoms with Crippen molar-refractivity contribution in [2.45, 2.75) is 58.5 Å².